The number of carbonyl (C=O) groups excluding carboxylic acids is 2. The maximum atomic E-state index is 11.9. The van der Waals surface area contributed by atoms with Crippen LogP contribution >= 0.6 is 27.7 Å². The quantitative estimate of drug-likeness (QED) is 0.446. The van der Waals surface area contributed by atoms with Gasteiger partial charge in [0, 0.05) is 10.0 Å². The van der Waals surface area contributed by atoms with E-state index in [4.69, 9.17) is 4.42 Å². The van der Waals surface area contributed by atoms with Crippen LogP contribution in [-0.4, -0.2) is 27.8 Å². The minimum Gasteiger partial charge on any atom is -0.416 e. The summed E-state index contributed by atoms with van der Waals surface area (Å²) in [6, 6.07) is 16.5. The first-order valence-corrected chi connectivity index (χ1v) is 9.72. The van der Waals surface area contributed by atoms with Crippen molar-refractivity contribution in [3.8, 4) is 0 Å². The van der Waals surface area contributed by atoms with Gasteiger partial charge in [-0.15, -0.1) is 10.2 Å². The molecule has 138 valence electrons. The molecule has 0 aliphatic rings. The van der Waals surface area contributed by atoms with Crippen molar-refractivity contribution in [1.82, 2.24) is 21.0 Å². The molecule has 0 bridgehead atoms. The molecule has 0 aliphatic carbocycles. The minimum atomic E-state index is -0.399. The SMILES string of the molecule is O=C(CSc1nnc(Cc2ccccc2)o1)NNC(=O)c1ccc(Br)cc1. The Morgan fingerprint density at radius 3 is 2.48 bits per heavy atom. The number of carbonyl (C=O) groups is 2. The molecule has 0 unspecified atom stereocenters. The lowest BCUT2D eigenvalue weighted by Crippen LogP contribution is -2.42. The van der Waals surface area contributed by atoms with Gasteiger partial charge >= 0.3 is 0 Å². The van der Waals surface area contributed by atoms with Crippen molar-refractivity contribution in [3.05, 3.63) is 76.1 Å². The molecule has 3 aromatic rings. The van der Waals surface area contributed by atoms with Gasteiger partial charge in [-0.3, -0.25) is 20.4 Å². The average Bonchev–Trinajstić information content (AvgIpc) is 3.13. The lowest BCUT2D eigenvalue weighted by molar-refractivity contribution is -0.119. The number of hydrogen-bond acceptors (Lipinski definition) is 6. The highest BCUT2D eigenvalue weighted by molar-refractivity contribution is 9.10. The maximum absolute atomic E-state index is 11.9. The molecule has 1 aromatic heterocycles. The second-order valence-corrected chi connectivity index (χ2v) is 7.26. The van der Waals surface area contributed by atoms with E-state index >= 15 is 0 Å². The van der Waals surface area contributed by atoms with Crippen molar-refractivity contribution in [2.75, 3.05) is 5.75 Å². The van der Waals surface area contributed by atoms with Crippen LogP contribution in [0.1, 0.15) is 21.8 Å². The van der Waals surface area contributed by atoms with Crippen molar-refractivity contribution in [1.29, 1.82) is 0 Å². The number of aromatic nitrogens is 2. The van der Waals surface area contributed by atoms with Gasteiger partial charge < -0.3 is 4.42 Å². The van der Waals surface area contributed by atoms with E-state index in [-0.39, 0.29) is 11.7 Å². The van der Waals surface area contributed by atoms with Crippen LogP contribution in [0.4, 0.5) is 0 Å². The molecule has 2 aromatic carbocycles. The number of amides is 2. The van der Waals surface area contributed by atoms with Gasteiger partial charge in [-0.25, -0.2) is 0 Å². The highest BCUT2D eigenvalue weighted by Gasteiger charge is 2.11. The predicted octanol–water partition coefficient (Wildman–Crippen LogP) is 2.98. The molecule has 7 nitrogen and oxygen atoms in total. The Balaban J connectivity index is 1.42. The zero-order chi connectivity index (χ0) is 19.1. The van der Waals surface area contributed by atoms with Gasteiger partial charge in [0.15, 0.2) is 0 Å². The third kappa shape index (κ3) is 5.93. The van der Waals surface area contributed by atoms with Gasteiger partial charge in [0.1, 0.15) is 0 Å². The van der Waals surface area contributed by atoms with Crippen molar-refractivity contribution in [3.63, 3.8) is 0 Å². The average molecular weight is 447 g/mol. The first-order valence-electron chi connectivity index (χ1n) is 7.94. The van der Waals surface area contributed by atoms with Crippen LogP contribution in [0.5, 0.6) is 0 Å². The van der Waals surface area contributed by atoms with Crippen LogP contribution in [0.2, 0.25) is 0 Å². The number of benzene rings is 2. The van der Waals surface area contributed by atoms with Crippen LogP contribution in [0, 0.1) is 0 Å². The molecule has 27 heavy (non-hydrogen) atoms. The molecule has 2 amide bonds. The number of nitrogens with one attached hydrogen (secondary N) is 2. The molecule has 0 fully saturated rings. The normalized spacial score (nSPS) is 10.4. The molecule has 0 atom stereocenters. The van der Waals surface area contributed by atoms with Crippen LogP contribution in [0.25, 0.3) is 0 Å². The van der Waals surface area contributed by atoms with Crippen molar-refractivity contribution >= 4 is 39.5 Å². The Labute approximate surface area is 168 Å². The number of thioether (sulfide) groups is 1. The van der Waals surface area contributed by atoms with Gasteiger partial charge in [-0.05, 0) is 29.8 Å². The fourth-order valence-corrected chi connectivity index (χ4v) is 2.95. The monoisotopic (exact) mass is 446 g/mol. The largest absolute Gasteiger partial charge is 0.416 e. The molecular formula is C18H15BrN4O3S. The summed E-state index contributed by atoms with van der Waals surface area (Å²) in [6.07, 6.45) is 0.532. The molecule has 9 heteroatoms. The fourth-order valence-electron chi connectivity index (χ4n) is 2.10. The summed E-state index contributed by atoms with van der Waals surface area (Å²) >= 11 is 4.39. The second-order valence-electron chi connectivity index (χ2n) is 5.42. The number of halogens is 1. The molecule has 0 saturated carbocycles. The van der Waals surface area contributed by atoms with E-state index in [9.17, 15) is 9.59 Å². The Hall–Kier alpha value is -2.65. The first kappa shape index (κ1) is 19.1. The highest BCUT2D eigenvalue weighted by Crippen LogP contribution is 2.17. The van der Waals surface area contributed by atoms with E-state index in [1.165, 1.54) is 0 Å². The predicted molar refractivity (Wildman–Crippen MR) is 104 cm³/mol. The Morgan fingerprint density at radius 1 is 1.00 bits per heavy atom. The maximum Gasteiger partial charge on any atom is 0.277 e. The van der Waals surface area contributed by atoms with Crippen LogP contribution in [-0.2, 0) is 11.2 Å². The van der Waals surface area contributed by atoms with E-state index in [1.54, 1.807) is 24.3 Å². The van der Waals surface area contributed by atoms with Crippen molar-refractivity contribution in [2.24, 2.45) is 0 Å². The smallest absolute Gasteiger partial charge is 0.277 e. The molecule has 0 spiro atoms. The zero-order valence-corrected chi connectivity index (χ0v) is 16.4. The van der Waals surface area contributed by atoms with Crippen LogP contribution in [0.15, 0.2) is 68.7 Å². The fraction of sp³-hybridized carbons (Fsp3) is 0.111. The van der Waals surface area contributed by atoms with Gasteiger partial charge in [-0.1, -0.05) is 58.0 Å². The number of rotatable bonds is 6. The van der Waals surface area contributed by atoms with E-state index in [0.717, 1.165) is 21.8 Å². The summed E-state index contributed by atoms with van der Waals surface area (Å²) in [5.74, 6) is -0.266. The molecule has 3 rings (SSSR count). The molecular weight excluding hydrogens is 432 g/mol. The van der Waals surface area contributed by atoms with Gasteiger partial charge in [0.25, 0.3) is 11.1 Å². The van der Waals surface area contributed by atoms with E-state index in [0.29, 0.717) is 23.1 Å². The summed E-state index contributed by atoms with van der Waals surface area (Å²) in [7, 11) is 0. The number of hydrazine groups is 1. The molecule has 0 aliphatic heterocycles. The van der Waals surface area contributed by atoms with Gasteiger partial charge in [0.05, 0.1) is 12.2 Å². The second kappa shape index (κ2) is 9.33. The zero-order valence-electron chi connectivity index (χ0n) is 14.0. The van der Waals surface area contributed by atoms with Crippen molar-refractivity contribution < 1.29 is 14.0 Å². The Morgan fingerprint density at radius 2 is 1.74 bits per heavy atom. The number of hydrogen-bond donors (Lipinski definition) is 2. The third-order valence-corrected chi connectivity index (χ3v) is 4.74. The molecule has 1 heterocycles. The molecule has 0 radical (unpaired) electrons. The Bertz CT molecular complexity index is 916. The summed E-state index contributed by atoms with van der Waals surface area (Å²) in [6.45, 7) is 0. The van der Waals surface area contributed by atoms with Crippen LogP contribution in [0.3, 0.4) is 0 Å². The summed E-state index contributed by atoms with van der Waals surface area (Å²) in [4.78, 5) is 23.8. The van der Waals surface area contributed by atoms with Crippen molar-refractivity contribution in [2.45, 2.75) is 11.6 Å². The van der Waals surface area contributed by atoms with E-state index < -0.39 is 5.91 Å². The Kier molecular flexibility index (Phi) is 6.61. The number of nitrogens with zero attached hydrogens (tertiary/aromatic N) is 2. The molecule has 2 N–H and O–H groups in total. The lowest BCUT2D eigenvalue weighted by atomic mass is 10.2. The van der Waals surface area contributed by atoms with Gasteiger partial charge in [-0.2, -0.15) is 0 Å². The summed E-state index contributed by atoms with van der Waals surface area (Å²) in [5, 5.41) is 8.18. The third-order valence-electron chi connectivity index (χ3n) is 3.40. The van der Waals surface area contributed by atoms with Crippen LogP contribution < -0.4 is 10.9 Å². The highest BCUT2D eigenvalue weighted by atomic mass is 79.9. The standard InChI is InChI=1S/C18H15BrN4O3S/c19-14-8-6-13(7-9-14)17(25)22-20-15(24)11-27-18-23-21-16(26-18)10-12-4-2-1-3-5-12/h1-9H,10-11H2,(H,20,24)(H,22,25). The summed E-state index contributed by atoms with van der Waals surface area (Å²) < 4.78 is 6.38. The van der Waals surface area contributed by atoms with E-state index in [2.05, 4.69) is 37.0 Å². The topological polar surface area (TPSA) is 97.1 Å². The molecule has 0 saturated heterocycles. The first-order chi connectivity index (χ1) is 13.1. The minimum absolute atomic E-state index is 0.0353. The van der Waals surface area contributed by atoms with E-state index in [1.807, 2.05) is 30.3 Å². The lowest BCUT2D eigenvalue weighted by Gasteiger charge is -2.06. The summed E-state index contributed by atoms with van der Waals surface area (Å²) in [5.41, 5.74) is 6.21. The van der Waals surface area contributed by atoms with Gasteiger partial charge in [0.2, 0.25) is 11.8 Å².